The number of carbonyl (C=O) groups is 1. The minimum Gasteiger partial charge on any atom is -0.326 e. The van der Waals surface area contributed by atoms with Crippen molar-refractivity contribution in [1.29, 1.82) is 0 Å². The lowest BCUT2D eigenvalue weighted by atomic mass is 10.0. The van der Waals surface area contributed by atoms with Crippen molar-refractivity contribution >= 4 is 5.91 Å². The van der Waals surface area contributed by atoms with Gasteiger partial charge >= 0.3 is 0 Å². The van der Waals surface area contributed by atoms with E-state index in [2.05, 4.69) is 18.5 Å². The molecule has 0 saturated heterocycles. The van der Waals surface area contributed by atoms with Crippen molar-refractivity contribution in [3.05, 3.63) is 36.6 Å². The molecule has 0 unspecified atom stereocenters. The highest BCUT2D eigenvalue weighted by molar-refractivity contribution is 5.80. The van der Waals surface area contributed by atoms with E-state index in [4.69, 9.17) is 0 Å². The van der Waals surface area contributed by atoms with Crippen molar-refractivity contribution < 1.29 is 6.22 Å². The van der Waals surface area contributed by atoms with E-state index in [1.807, 2.05) is 13.8 Å². The molecule has 2 nitrogen and oxygen atoms in total. The maximum absolute atomic E-state index is 10.9. The molecular weight excluding hydrogens is 162 g/mol. The average Bonchev–Trinajstić information content (AvgIpc) is 2.20. The fraction of sp³-hybridized carbons (Fsp3) is 0.364. The Balaban J connectivity index is 0. The quantitative estimate of drug-likeness (QED) is 0.697. The number of carbonyl (C=O) groups excluding carboxylic acids is 1. The first kappa shape index (κ1) is 11.7. The molecule has 0 spiro atoms. The minimum atomic E-state index is 0. The molecule has 1 aliphatic rings. The van der Waals surface area contributed by atoms with Gasteiger partial charge in [-0.1, -0.05) is 33.1 Å². The molecular formula is C11H19NO. The molecule has 0 aromatic heterocycles. The Labute approximate surface area is 81.5 Å². The fourth-order valence-corrected chi connectivity index (χ4v) is 1.07. The van der Waals surface area contributed by atoms with Gasteiger partial charge in [-0.05, 0) is 18.1 Å². The van der Waals surface area contributed by atoms with Crippen LogP contribution < -0.4 is 5.32 Å². The van der Waals surface area contributed by atoms with Crippen molar-refractivity contribution in [2.75, 3.05) is 0 Å². The number of hydrogen-bond acceptors (Lipinski definition) is 1. The molecule has 1 aliphatic heterocycles. The summed E-state index contributed by atoms with van der Waals surface area (Å²) in [6.45, 7) is 11.2. The largest absolute Gasteiger partial charge is 0.326 e. The van der Waals surface area contributed by atoms with Crippen LogP contribution in [0.15, 0.2) is 36.6 Å². The van der Waals surface area contributed by atoms with Crippen LogP contribution in [-0.2, 0) is 4.79 Å². The second kappa shape index (κ2) is 6.23. The van der Waals surface area contributed by atoms with Crippen LogP contribution in [0.4, 0.5) is 0 Å². The Morgan fingerprint density at radius 3 is 2.38 bits per heavy atom. The van der Waals surface area contributed by atoms with Gasteiger partial charge in [0, 0.05) is 13.5 Å². The number of amides is 1. The first-order valence-electron chi connectivity index (χ1n) is 4.56. The molecule has 1 rings (SSSR count). The lowest BCUT2D eigenvalue weighted by Gasteiger charge is -2.15. The zero-order valence-electron chi connectivity index (χ0n) is 8.39. The SMILES string of the molecule is C=CC1=C(C=C)NC(=O)CC1.CC.[HH]. The second-order valence-corrected chi connectivity index (χ2v) is 2.40. The minimum absolute atomic E-state index is 0. The molecule has 1 heterocycles. The normalized spacial score (nSPS) is 15.4. The summed E-state index contributed by atoms with van der Waals surface area (Å²) >= 11 is 0. The molecule has 0 aromatic carbocycles. The molecule has 1 amide bonds. The lowest BCUT2D eigenvalue weighted by molar-refractivity contribution is -0.120. The summed E-state index contributed by atoms with van der Waals surface area (Å²) in [6, 6.07) is 0. The number of allylic oxidation sites excluding steroid dienone is 3. The Bertz CT molecular complexity index is 244. The predicted molar refractivity (Wildman–Crippen MR) is 58.3 cm³/mol. The van der Waals surface area contributed by atoms with Gasteiger partial charge < -0.3 is 5.32 Å². The van der Waals surface area contributed by atoms with Gasteiger partial charge in [0.05, 0.1) is 0 Å². The maximum Gasteiger partial charge on any atom is 0.224 e. The van der Waals surface area contributed by atoms with Gasteiger partial charge in [0.1, 0.15) is 0 Å². The van der Waals surface area contributed by atoms with Crippen molar-refractivity contribution in [3.8, 4) is 0 Å². The number of hydrogen-bond donors (Lipinski definition) is 1. The summed E-state index contributed by atoms with van der Waals surface area (Å²) in [6.07, 6.45) is 4.74. The monoisotopic (exact) mass is 181 g/mol. The third-order valence-electron chi connectivity index (χ3n) is 1.69. The highest BCUT2D eigenvalue weighted by Gasteiger charge is 2.12. The smallest absolute Gasteiger partial charge is 0.224 e. The van der Waals surface area contributed by atoms with E-state index in [1.165, 1.54) is 0 Å². The zero-order valence-corrected chi connectivity index (χ0v) is 8.39. The molecule has 0 aliphatic carbocycles. The topological polar surface area (TPSA) is 29.1 Å². The van der Waals surface area contributed by atoms with Crippen molar-refractivity contribution in [2.45, 2.75) is 26.7 Å². The van der Waals surface area contributed by atoms with Crippen LogP contribution in [0.3, 0.4) is 0 Å². The molecule has 0 aromatic rings. The first-order valence-corrected chi connectivity index (χ1v) is 4.56. The van der Waals surface area contributed by atoms with Gasteiger partial charge in [-0.25, -0.2) is 0 Å². The molecule has 13 heavy (non-hydrogen) atoms. The summed E-state index contributed by atoms with van der Waals surface area (Å²) in [5, 5.41) is 2.72. The van der Waals surface area contributed by atoms with Crippen LogP contribution in [0.5, 0.6) is 0 Å². The maximum atomic E-state index is 10.9. The predicted octanol–water partition coefficient (Wildman–Crippen LogP) is 2.79. The third kappa shape index (κ3) is 3.28. The third-order valence-corrected chi connectivity index (χ3v) is 1.69. The van der Waals surface area contributed by atoms with Gasteiger partial charge in [-0.2, -0.15) is 0 Å². The molecule has 0 radical (unpaired) electrons. The van der Waals surface area contributed by atoms with Crippen molar-refractivity contribution in [2.24, 2.45) is 0 Å². The fourth-order valence-electron chi connectivity index (χ4n) is 1.07. The van der Waals surface area contributed by atoms with E-state index in [1.54, 1.807) is 12.2 Å². The van der Waals surface area contributed by atoms with Crippen molar-refractivity contribution in [1.82, 2.24) is 5.32 Å². The van der Waals surface area contributed by atoms with Gasteiger partial charge in [0.2, 0.25) is 5.91 Å². The van der Waals surface area contributed by atoms with Crippen LogP contribution in [0.25, 0.3) is 0 Å². The lowest BCUT2D eigenvalue weighted by Crippen LogP contribution is -2.26. The summed E-state index contributed by atoms with van der Waals surface area (Å²) in [4.78, 5) is 10.9. The first-order chi connectivity index (χ1) is 6.27. The molecule has 0 fully saturated rings. The zero-order chi connectivity index (χ0) is 10.3. The van der Waals surface area contributed by atoms with E-state index in [9.17, 15) is 4.79 Å². The Hall–Kier alpha value is -1.31. The van der Waals surface area contributed by atoms with E-state index < -0.39 is 0 Å². The average molecular weight is 181 g/mol. The van der Waals surface area contributed by atoms with Crippen LogP contribution in [0.1, 0.15) is 28.1 Å². The van der Waals surface area contributed by atoms with Gasteiger partial charge in [-0.15, -0.1) is 0 Å². The van der Waals surface area contributed by atoms with Crippen LogP contribution >= 0.6 is 0 Å². The molecule has 1 N–H and O–H groups in total. The summed E-state index contributed by atoms with van der Waals surface area (Å²) in [5.41, 5.74) is 1.87. The van der Waals surface area contributed by atoms with Gasteiger partial charge in [-0.3, -0.25) is 4.79 Å². The molecule has 74 valence electrons. The highest BCUT2D eigenvalue weighted by Crippen LogP contribution is 2.16. The number of nitrogens with one attached hydrogen (secondary N) is 1. The Kier molecular flexibility index (Phi) is 5.60. The van der Waals surface area contributed by atoms with Crippen molar-refractivity contribution in [3.63, 3.8) is 0 Å². The van der Waals surface area contributed by atoms with Gasteiger partial charge in [0.25, 0.3) is 0 Å². The van der Waals surface area contributed by atoms with Gasteiger partial charge in [0.15, 0.2) is 0 Å². The van der Waals surface area contributed by atoms with E-state index in [0.29, 0.717) is 6.42 Å². The molecule has 0 saturated carbocycles. The standard InChI is InChI=1S/C9H11NO.C2H6.H2/c1-3-7-5-6-9(11)10-8(7)4-2;1-2;/h3-4H,1-2,5-6H2,(H,10,11);1-2H3;1H. The van der Waals surface area contributed by atoms with Crippen LogP contribution in [0, 0.1) is 0 Å². The van der Waals surface area contributed by atoms with E-state index in [0.717, 1.165) is 17.7 Å². The summed E-state index contributed by atoms with van der Waals surface area (Å²) < 4.78 is 0. The summed E-state index contributed by atoms with van der Waals surface area (Å²) in [5.74, 6) is 0.0606. The Morgan fingerprint density at radius 2 is 1.92 bits per heavy atom. The highest BCUT2D eigenvalue weighted by atomic mass is 16.1. The summed E-state index contributed by atoms with van der Waals surface area (Å²) in [7, 11) is 0. The molecule has 2 heteroatoms. The molecule has 0 atom stereocenters. The second-order valence-electron chi connectivity index (χ2n) is 2.40. The molecule has 0 bridgehead atoms. The van der Waals surface area contributed by atoms with E-state index >= 15 is 0 Å². The van der Waals surface area contributed by atoms with Crippen LogP contribution in [-0.4, -0.2) is 5.91 Å². The van der Waals surface area contributed by atoms with E-state index in [-0.39, 0.29) is 7.33 Å². The van der Waals surface area contributed by atoms with Crippen LogP contribution in [0.2, 0.25) is 0 Å². The Morgan fingerprint density at radius 1 is 1.31 bits per heavy atom. The number of rotatable bonds is 2.